The van der Waals surface area contributed by atoms with Crippen molar-refractivity contribution in [1.29, 1.82) is 0 Å². The minimum Gasteiger partial charge on any atom is -0.477 e. The highest BCUT2D eigenvalue weighted by Gasteiger charge is 2.15. The summed E-state index contributed by atoms with van der Waals surface area (Å²) < 4.78 is 1.53. The highest BCUT2D eigenvalue weighted by atomic mass is 32.1. The minimum atomic E-state index is -1.00. The van der Waals surface area contributed by atoms with E-state index >= 15 is 0 Å². The van der Waals surface area contributed by atoms with E-state index in [1.54, 1.807) is 26.2 Å². The van der Waals surface area contributed by atoms with E-state index in [0.717, 1.165) is 11.3 Å². The molecule has 19 heavy (non-hydrogen) atoms. The van der Waals surface area contributed by atoms with Crippen LogP contribution < -0.4 is 5.32 Å². The highest BCUT2D eigenvalue weighted by molar-refractivity contribution is 7.13. The molecule has 0 aliphatic heterocycles. The molecule has 0 spiro atoms. The molecular formula is C11H12N4O3S. The van der Waals surface area contributed by atoms with Crippen molar-refractivity contribution in [3.8, 4) is 0 Å². The molecule has 0 aromatic carbocycles. The summed E-state index contributed by atoms with van der Waals surface area (Å²) in [6, 6.07) is 1.60. The number of hydrogen-bond acceptors (Lipinski definition) is 5. The predicted molar refractivity (Wildman–Crippen MR) is 68.2 cm³/mol. The van der Waals surface area contributed by atoms with Crippen molar-refractivity contribution in [2.45, 2.75) is 13.5 Å². The molecule has 2 heterocycles. The Hall–Kier alpha value is -2.22. The van der Waals surface area contributed by atoms with Gasteiger partial charge in [-0.2, -0.15) is 5.10 Å². The Morgan fingerprint density at radius 1 is 1.53 bits per heavy atom. The summed E-state index contributed by atoms with van der Waals surface area (Å²) in [5.74, 6) is -1.32. The van der Waals surface area contributed by atoms with E-state index in [4.69, 9.17) is 5.11 Å². The number of carbonyl (C=O) groups is 2. The summed E-state index contributed by atoms with van der Waals surface area (Å²) in [6.45, 7) is 1.82. The van der Waals surface area contributed by atoms with Crippen molar-refractivity contribution >= 4 is 23.2 Å². The molecule has 1 amide bonds. The minimum absolute atomic E-state index is 0.189. The zero-order valence-electron chi connectivity index (χ0n) is 10.4. The lowest BCUT2D eigenvalue weighted by atomic mass is 10.4. The van der Waals surface area contributed by atoms with Crippen molar-refractivity contribution < 1.29 is 14.7 Å². The van der Waals surface area contributed by atoms with Crippen LogP contribution in [0.15, 0.2) is 12.3 Å². The van der Waals surface area contributed by atoms with Crippen LogP contribution in [0, 0.1) is 6.92 Å². The molecule has 2 aromatic rings. The summed E-state index contributed by atoms with van der Waals surface area (Å²) in [7, 11) is 1.72. The van der Waals surface area contributed by atoms with E-state index in [-0.39, 0.29) is 17.3 Å². The molecule has 0 aliphatic carbocycles. The van der Waals surface area contributed by atoms with Crippen LogP contribution in [0.25, 0.3) is 0 Å². The fourth-order valence-corrected chi connectivity index (χ4v) is 2.35. The fourth-order valence-electron chi connectivity index (χ4n) is 1.51. The molecule has 0 saturated carbocycles. The second-order valence-electron chi connectivity index (χ2n) is 3.88. The van der Waals surface area contributed by atoms with E-state index in [1.807, 2.05) is 0 Å². The first-order valence-electron chi connectivity index (χ1n) is 5.45. The van der Waals surface area contributed by atoms with Gasteiger partial charge >= 0.3 is 5.97 Å². The van der Waals surface area contributed by atoms with Crippen molar-refractivity contribution in [3.05, 3.63) is 33.5 Å². The van der Waals surface area contributed by atoms with E-state index in [2.05, 4.69) is 15.4 Å². The summed E-state index contributed by atoms with van der Waals surface area (Å²) in [5.41, 5.74) is 0.772. The topological polar surface area (TPSA) is 97.1 Å². The van der Waals surface area contributed by atoms with Crippen LogP contribution in [0.4, 0.5) is 0 Å². The van der Waals surface area contributed by atoms with E-state index < -0.39 is 5.97 Å². The molecule has 7 nitrogen and oxygen atoms in total. The first kappa shape index (κ1) is 13.2. The van der Waals surface area contributed by atoms with Gasteiger partial charge in [0.1, 0.15) is 15.6 Å². The number of amides is 1. The number of carbonyl (C=O) groups excluding carboxylic acids is 1. The van der Waals surface area contributed by atoms with Gasteiger partial charge in [-0.1, -0.05) is 0 Å². The first-order valence-corrected chi connectivity index (χ1v) is 6.26. The number of nitrogens with zero attached hydrogens (tertiary/aromatic N) is 3. The van der Waals surface area contributed by atoms with Crippen LogP contribution in [0.3, 0.4) is 0 Å². The van der Waals surface area contributed by atoms with Crippen LogP contribution >= 0.6 is 11.3 Å². The molecular weight excluding hydrogens is 268 g/mol. The Labute approximate surface area is 112 Å². The maximum atomic E-state index is 11.7. The van der Waals surface area contributed by atoms with Crippen molar-refractivity contribution in [1.82, 2.24) is 20.1 Å². The van der Waals surface area contributed by atoms with Crippen molar-refractivity contribution in [2.24, 2.45) is 7.05 Å². The second kappa shape index (κ2) is 5.19. The number of hydrogen-bond donors (Lipinski definition) is 2. The Balaban J connectivity index is 2.01. The van der Waals surface area contributed by atoms with Crippen LogP contribution in [-0.4, -0.2) is 31.7 Å². The lowest BCUT2D eigenvalue weighted by Crippen LogP contribution is -2.23. The van der Waals surface area contributed by atoms with Gasteiger partial charge < -0.3 is 10.4 Å². The van der Waals surface area contributed by atoms with E-state index in [0.29, 0.717) is 16.4 Å². The Morgan fingerprint density at radius 2 is 2.26 bits per heavy atom. The number of aryl methyl sites for hydroxylation is 2. The fraction of sp³-hybridized carbons (Fsp3) is 0.273. The zero-order chi connectivity index (χ0) is 14.0. The molecule has 0 saturated heterocycles. The normalized spacial score (nSPS) is 10.4. The monoisotopic (exact) mass is 280 g/mol. The maximum Gasteiger partial charge on any atom is 0.347 e. The molecule has 0 aliphatic rings. The van der Waals surface area contributed by atoms with Crippen LogP contribution in [0.5, 0.6) is 0 Å². The standard InChI is InChI=1S/C11H12N4O3S/c1-6-9(11(17)18)19-8(13-6)5-12-10(16)7-3-4-15(2)14-7/h3-4H,5H2,1-2H3,(H,12,16)(H,17,18). The van der Waals surface area contributed by atoms with Gasteiger partial charge in [-0.05, 0) is 13.0 Å². The average Bonchev–Trinajstić information content (AvgIpc) is 2.92. The smallest absolute Gasteiger partial charge is 0.347 e. The van der Waals surface area contributed by atoms with E-state index in [1.165, 1.54) is 4.68 Å². The quantitative estimate of drug-likeness (QED) is 0.864. The summed E-state index contributed by atoms with van der Waals surface area (Å²) in [5, 5.41) is 16.1. The number of nitrogens with one attached hydrogen (secondary N) is 1. The Kier molecular flexibility index (Phi) is 3.61. The van der Waals surface area contributed by atoms with Crippen molar-refractivity contribution in [2.75, 3.05) is 0 Å². The van der Waals surface area contributed by atoms with Gasteiger partial charge in [-0.15, -0.1) is 11.3 Å². The van der Waals surface area contributed by atoms with Gasteiger partial charge in [0.05, 0.1) is 12.2 Å². The molecule has 0 atom stereocenters. The molecule has 8 heteroatoms. The predicted octanol–water partition coefficient (Wildman–Crippen LogP) is 0.813. The third-order valence-corrected chi connectivity index (χ3v) is 3.53. The first-order chi connectivity index (χ1) is 8.97. The third-order valence-electron chi connectivity index (χ3n) is 2.38. The number of thiazole rings is 1. The SMILES string of the molecule is Cc1nc(CNC(=O)c2ccn(C)n2)sc1C(=O)O. The van der Waals surface area contributed by atoms with Gasteiger partial charge in [-0.25, -0.2) is 9.78 Å². The van der Waals surface area contributed by atoms with Gasteiger partial charge in [-0.3, -0.25) is 9.48 Å². The lowest BCUT2D eigenvalue weighted by molar-refractivity contribution is 0.0701. The summed E-state index contributed by atoms with van der Waals surface area (Å²) in [4.78, 5) is 26.9. The zero-order valence-corrected chi connectivity index (χ0v) is 11.2. The van der Waals surface area contributed by atoms with E-state index in [9.17, 15) is 9.59 Å². The van der Waals surface area contributed by atoms with Crippen LogP contribution in [-0.2, 0) is 13.6 Å². The van der Waals surface area contributed by atoms with Gasteiger partial charge in [0.15, 0.2) is 0 Å². The number of carboxylic acids is 1. The van der Waals surface area contributed by atoms with Crippen LogP contribution in [0.2, 0.25) is 0 Å². The highest BCUT2D eigenvalue weighted by Crippen LogP contribution is 2.17. The van der Waals surface area contributed by atoms with Gasteiger partial charge in [0.2, 0.25) is 0 Å². The molecule has 2 rings (SSSR count). The van der Waals surface area contributed by atoms with Crippen LogP contribution in [0.1, 0.15) is 30.9 Å². The number of rotatable bonds is 4. The average molecular weight is 280 g/mol. The molecule has 2 N–H and O–H groups in total. The molecule has 0 fully saturated rings. The number of carboxylic acid groups (broad SMARTS) is 1. The number of aromatic nitrogens is 3. The Bertz CT molecular complexity index is 632. The largest absolute Gasteiger partial charge is 0.477 e. The molecule has 0 bridgehead atoms. The summed E-state index contributed by atoms with van der Waals surface area (Å²) >= 11 is 1.06. The number of aromatic carboxylic acids is 1. The molecule has 100 valence electrons. The van der Waals surface area contributed by atoms with Crippen molar-refractivity contribution in [3.63, 3.8) is 0 Å². The second-order valence-corrected chi connectivity index (χ2v) is 4.97. The molecule has 0 unspecified atom stereocenters. The summed E-state index contributed by atoms with van der Waals surface area (Å²) in [6.07, 6.45) is 1.67. The van der Waals surface area contributed by atoms with Gasteiger partial charge in [0, 0.05) is 13.2 Å². The maximum absolute atomic E-state index is 11.7. The van der Waals surface area contributed by atoms with Gasteiger partial charge in [0.25, 0.3) is 5.91 Å². The molecule has 2 aromatic heterocycles. The third kappa shape index (κ3) is 2.97. The Morgan fingerprint density at radius 3 is 2.79 bits per heavy atom. The lowest BCUT2D eigenvalue weighted by Gasteiger charge is -1.99. The molecule has 0 radical (unpaired) electrons.